The predicted molar refractivity (Wildman–Crippen MR) is 175 cm³/mol. The van der Waals surface area contributed by atoms with Crippen LogP contribution in [0.5, 0.6) is 46.0 Å². The number of rotatable bonds is 3. The molecule has 0 fully saturated rings. The highest BCUT2D eigenvalue weighted by atomic mass is 16.5. The van der Waals surface area contributed by atoms with Crippen LogP contribution in [0.15, 0.2) is 60.7 Å². The van der Waals surface area contributed by atoms with E-state index in [1.807, 2.05) is 54.6 Å². The van der Waals surface area contributed by atoms with Gasteiger partial charge in [-0.1, -0.05) is 18.2 Å². The zero-order valence-electron chi connectivity index (χ0n) is 27.0. The van der Waals surface area contributed by atoms with Crippen molar-refractivity contribution in [1.82, 2.24) is 4.90 Å². The van der Waals surface area contributed by atoms with Crippen LogP contribution >= 0.6 is 0 Å². The number of quaternary nitrogens is 1. The molecule has 6 bridgehead atoms. The van der Waals surface area contributed by atoms with Crippen LogP contribution in [0.25, 0.3) is 0 Å². The molecule has 0 saturated heterocycles. The molecular formula is C37H40N2O7. The highest BCUT2D eigenvalue weighted by Crippen LogP contribution is 2.52. The fourth-order valence-electron chi connectivity index (χ4n) is 7.23. The Hall–Kier alpha value is -4.44. The minimum absolute atomic E-state index is 0.0404. The zero-order chi connectivity index (χ0) is 32.2. The molecule has 4 heterocycles. The van der Waals surface area contributed by atoms with Crippen molar-refractivity contribution >= 4 is 0 Å². The highest BCUT2D eigenvalue weighted by molar-refractivity contribution is 5.62. The van der Waals surface area contributed by atoms with Gasteiger partial charge in [0.15, 0.2) is 34.5 Å². The quantitative estimate of drug-likeness (QED) is 0.195. The molecule has 3 unspecified atom stereocenters. The number of fused-ring (bicyclic) bond motifs is 2. The summed E-state index contributed by atoms with van der Waals surface area (Å²) in [6, 6.07) is 19.3. The second-order valence-electron chi connectivity index (χ2n) is 12.7. The molecule has 0 radical (unpaired) electrons. The molecule has 0 aliphatic carbocycles. The maximum absolute atomic E-state index is 14.2. The normalized spacial score (nSPS) is 22.0. The van der Waals surface area contributed by atoms with Crippen LogP contribution in [0.3, 0.4) is 0 Å². The van der Waals surface area contributed by atoms with Gasteiger partial charge in [0.1, 0.15) is 11.8 Å². The molecule has 0 saturated carbocycles. The van der Waals surface area contributed by atoms with Gasteiger partial charge in [-0.25, -0.2) is 0 Å². The smallest absolute Gasteiger partial charge is 0.201 e. The van der Waals surface area contributed by atoms with Gasteiger partial charge in [0.2, 0.25) is 5.75 Å². The minimum Gasteiger partial charge on any atom is -0.633 e. The average Bonchev–Trinajstić information content (AvgIpc) is 3.05. The number of hydrogen-bond donors (Lipinski definition) is 1. The Kier molecular flexibility index (Phi) is 7.71. The molecule has 0 spiro atoms. The molecule has 9 nitrogen and oxygen atoms in total. The van der Waals surface area contributed by atoms with Crippen LogP contribution in [-0.2, 0) is 25.7 Å². The van der Waals surface area contributed by atoms with Crippen LogP contribution in [0, 0.1) is 5.21 Å². The summed E-state index contributed by atoms with van der Waals surface area (Å²) in [6.07, 6.45) is 2.55. The summed E-state index contributed by atoms with van der Waals surface area (Å²) < 4.78 is 29.7. The van der Waals surface area contributed by atoms with Crippen molar-refractivity contribution in [2.45, 2.75) is 37.8 Å². The van der Waals surface area contributed by atoms with Crippen LogP contribution in [0.4, 0.5) is 0 Å². The predicted octanol–water partition coefficient (Wildman–Crippen LogP) is 6.87. The fraction of sp³-hybridized carbons (Fsp3) is 0.351. The maximum Gasteiger partial charge on any atom is 0.201 e. The lowest BCUT2D eigenvalue weighted by Crippen LogP contribution is -2.47. The molecule has 0 aromatic heterocycles. The van der Waals surface area contributed by atoms with E-state index in [-0.39, 0.29) is 17.5 Å². The van der Waals surface area contributed by atoms with Crippen molar-refractivity contribution < 1.29 is 33.4 Å². The van der Waals surface area contributed by atoms with Gasteiger partial charge in [-0.2, -0.15) is 0 Å². The van der Waals surface area contributed by atoms with E-state index in [9.17, 15) is 10.3 Å². The summed E-state index contributed by atoms with van der Waals surface area (Å²) in [5, 5.41) is 25.8. The number of nitrogens with zero attached hydrogens (tertiary/aromatic N) is 2. The molecular weight excluding hydrogens is 584 g/mol. The van der Waals surface area contributed by atoms with E-state index in [0.717, 1.165) is 41.6 Å². The highest BCUT2D eigenvalue weighted by Gasteiger charge is 2.39. The van der Waals surface area contributed by atoms with Gasteiger partial charge in [-0.3, -0.25) is 4.90 Å². The number of phenols is 1. The Bertz CT molecular complexity index is 1790. The standard InChI is InChI=1S/C37H40N2O7/c1-38-14-12-24-19-31(43-4)33-21-27(24)28(38)16-23-8-11-30(42-3)32(18-23)45-26-9-6-22(7-10-26)17-29-35-25(13-15-39(29,2)41)20-34(44-5)36(40)37(35)46-33/h6-11,18-21,28-29,40H,12-17H2,1-5H3. The molecule has 3 atom stereocenters. The summed E-state index contributed by atoms with van der Waals surface area (Å²) in [6.45, 7) is 1.28. The SMILES string of the molecule is COc1ccc2cc1Oc1ccc(cc1)CC1c3c(cc(OC)c(O)c3Oc3cc4c(cc3OC)CCN(C)C4C2)CC[N+]1(C)[O-]. The third kappa shape index (κ3) is 5.28. The molecule has 1 N–H and O–H groups in total. The summed E-state index contributed by atoms with van der Waals surface area (Å²) >= 11 is 0. The topological polar surface area (TPSA) is 92.7 Å². The van der Waals surface area contributed by atoms with Gasteiger partial charge in [0.25, 0.3) is 0 Å². The number of aromatic hydroxyl groups is 1. The zero-order valence-corrected chi connectivity index (χ0v) is 27.0. The van der Waals surface area contributed by atoms with Crippen molar-refractivity contribution in [1.29, 1.82) is 0 Å². The van der Waals surface area contributed by atoms with Crippen molar-refractivity contribution in [3.8, 4) is 46.0 Å². The van der Waals surface area contributed by atoms with Crippen molar-refractivity contribution in [3.05, 3.63) is 99.3 Å². The van der Waals surface area contributed by atoms with Gasteiger partial charge in [0.05, 0.1) is 40.5 Å². The van der Waals surface area contributed by atoms with Gasteiger partial charge in [-0.15, -0.1) is 0 Å². The number of benzene rings is 4. The lowest BCUT2D eigenvalue weighted by Gasteiger charge is -2.49. The molecule has 240 valence electrons. The van der Waals surface area contributed by atoms with Crippen LogP contribution in [-0.4, -0.2) is 63.2 Å². The van der Waals surface area contributed by atoms with E-state index < -0.39 is 10.7 Å². The second-order valence-corrected chi connectivity index (χ2v) is 12.7. The average molecular weight is 625 g/mol. The Labute approximate surface area is 269 Å². The number of hydroxylamine groups is 3. The van der Waals surface area contributed by atoms with Crippen LogP contribution in [0.2, 0.25) is 0 Å². The van der Waals surface area contributed by atoms with Gasteiger partial charge < -0.3 is 38.6 Å². The third-order valence-corrected chi connectivity index (χ3v) is 9.88. The Morgan fingerprint density at radius 3 is 2.24 bits per heavy atom. The Morgan fingerprint density at radius 2 is 1.50 bits per heavy atom. The summed E-state index contributed by atoms with van der Waals surface area (Å²) in [5.74, 6) is 3.42. The van der Waals surface area contributed by atoms with E-state index in [2.05, 4.69) is 18.0 Å². The molecule has 4 aromatic carbocycles. The van der Waals surface area contributed by atoms with Crippen molar-refractivity contribution in [2.75, 3.05) is 48.5 Å². The number of methoxy groups -OCH3 is 3. The first-order chi connectivity index (χ1) is 22.2. The first-order valence-corrected chi connectivity index (χ1v) is 15.7. The van der Waals surface area contributed by atoms with E-state index in [4.69, 9.17) is 23.7 Å². The molecule has 9 heteroatoms. The van der Waals surface area contributed by atoms with Crippen LogP contribution < -0.4 is 23.7 Å². The summed E-state index contributed by atoms with van der Waals surface area (Å²) in [4.78, 5) is 2.35. The largest absolute Gasteiger partial charge is 0.633 e. The summed E-state index contributed by atoms with van der Waals surface area (Å²) in [7, 11) is 8.62. The molecule has 46 heavy (non-hydrogen) atoms. The minimum atomic E-state index is -0.541. The molecule has 8 rings (SSSR count). The molecule has 4 aromatic rings. The number of phenolic OH excluding ortho intramolecular Hbond substituents is 1. The van der Waals surface area contributed by atoms with E-state index >= 15 is 0 Å². The van der Waals surface area contributed by atoms with E-state index in [1.165, 1.54) is 12.7 Å². The van der Waals surface area contributed by atoms with Gasteiger partial charge in [-0.05, 0) is 90.2 Å². The van der Waals surface area contributed by atoms with Crippen LogP contribution in [0.1, 0.15) is 45.5 Å². The Balaban J connectivity index is 1.46. The first kappa shape index (κ1) is 30.2. The number of hydrogen-bond acceptors (Lipinski definition) is 8. The Morgan fingerprint density at radius 1 is 0.804 bits per heavy atom. The lowest BCUT2D eigenvalue weighted by atomic mass is 9.87. The van der Waals surface area contributed by atoms with Crippen molar-refractivity contribution in [3.63, 3.8) is 0 Å². The van der Waals surface area contributed by atoms with Gasteiger partial charge in [0, 0.05) is 25.4 Å². The lowest BCUT2D eigenvalue weighted by molar-refractivity contribution is -0.894. The number of ether oxygens (including phenoxy) is 5. The molecule has 4 aliphatic rings. The third-order valence-electron chi connectivity index (χ3n) is 9.88. The van der Waals surface area contributed by atoms with Gasteiger partial charge >= 0.3 is 0 Å². The van der Waals surface area contributed by atoms with E-state index in [0.29, 0.717) is 59.4 Å². The number of likely N-dealkylation sites (N-methyl/N-ethyl adjacent to an activating group) is 2. The second kappa shape index (κ2) is 11.7. The fourth-order valence-corrected chi connectivity index (χ4v) is 7.23. The van der Waals surface area contributed by atoms with Crippen molar-refractivity contribution in [2.24, 2.45) is 0 Å². The monoisotopic (exact) mass is 624 g/mol. The molecule has 4 aliphatic heterocycles. The van der Waals surface area contributed by atoms with E-state index in [1.54, 1.807) is 21.3 Å². The molecule has 0 amide bonds. The first-order valence-electron chi connectivity index (χ1n) is 15.7. The maximum atomic E-state index is 14.2. The summed E-state index contributed by atoms with van der Waals surface area (Å²) in [5.41, 5.74) is 5.99.